The van der Waals surface area contributed by atoms with Crippen LogP contribution in [0.25, 0.3) is 11.1 Å². The van der Waals surface area contributed by atoms with E-state index in [0.717, 1.165) is 16.2 Å². The number of halogens is 1. The monoisotopic (exact) mass is 546 g/mol. The lowest BCUT2D eigenvalue weighted by Crippen LogP contribution is -2.32. The Hall–Kier alpha value is -4.49. The van der Waals surface area contributed by atoms with Gasteiger partial charge in [-0.05, 0) is 53.9 Å². The van der Waals surface area contributed by atoms with Crippen molar-refractivity contribution < 1.29 is 28.3 Å². The van der Waals surface area contributed by atoms with Crippen molar-refractivity contribution in [3.8, 4) is 16.9 Å². The maximum absolute atomic E-state index is 13.7. The van der Waals surface area contributed by atoms with Crippen LogP contribution in [0.1, 0.15) is 48.9 Å². The molecule has 7 nitrogen and oxygen atoms in total. The first-order chi connectivity index (χ1) is 19.8. The van der Waals surface area contributed by atoms with Crippen molar-refractivity contribution >= 4 is 29.1 Å². The number of Topliss-reactive ketones (excluding diaryl/α,β-unsaturated/α-hetero) is 2. The number of ketones is 2. The van der Waals surface area contributed by atoms with Gasteiger partial charge >= 0.3 is 5.97 Å². The predicted molar refractivity (Wildman–Crippen MR) is 149 cm³/mol. The first-order valence-electron chi connectivity index (χ1n) is 13.5. The van der Waals surface area contributed by atoms with Gasteiger partial charge in [0.15, 0.2) is 11.6 Å². The summed E-state index contributed by atoms with van der Waals surface area (Å²) >= 11 is 6.19. The van der Waals surface area contributed by atoms with Gasteiger partial charge in [-0.2, -0.15) is 0 Å². The summed E-state index contributed by atoms with van der Waals surface area (Å²) in [7, 11) is -2.92. The largest absolute Gasteiger partial charge is 0.495 e. The smallest absolute Gasteiger partial charge is 0.335 e. The molecular weight excluding hydrogens is 518 g/mol. The number of hydrogen-bond acceptors (Lipinski definition) is 5. The fourth-order valence-corrected chi connectivity index (χ4v) is 4.57. The highest BCUT2D eigenvalue weighted by molar-refractivity contribution is 6.31. The van der Waals surface area contributed by atoms with E-state index in [2.05, 4.69) is 0 Å². The number of hydrogen-bond donors (Lipinski definition) is 1. The molecule has 0 amide bonds. The lowest BCUT2D eigenvalue weighted by atomic mass is 9.95. The maximum Gasteiger partial charge on any atom is 0.335 e. The highest BCUT2D eigenvalue weighted by Crippen LogP contribution is 2.34. The first kappa shape index (κ1) is 23.6. The average Bonchev–Trinajstić information content (AvgIpc) is 2.92. The van der Waals surface area contributed by atoms with Crippen LogP contribution in [0.3, 0.4) is 0 Å². The lowest BCUT2D eigenvalue weighted by Gasteiger charge is -2.21. The Bertz CT molecular complexity index is 1700. The van der Waals surface area contributed by atoms with Crippen molar-refractivity contribution in [1.29, 1.82) is 0 Å². The molecule has 0 bridgehead atoms. The highest BCUT2D eigenvalue weighted by Gasteiger charge is 2.25. The molecule has 1 N–H and O–H groups in total. The van der Waals surface area contributed by atoms with Crippen LogP contribution < -0.4 is 10.3 Å². The second-order valence-corrected chi connectivity index (χ2v) is 9.43. The highest BCUT2D eigenvalue weighted by atomic mass is 35.5. The number of nitrogens with zero attached hydrogens (tertiary/aromatic N) is 1. The quantitative estimate of drug-likeness (QED) is 0.257. The number of carboxylic acids is 1. The van der Waals surface area contributed by atoms with Crippen molar-refractivity contribution in [3.05, 3.63) is 123 Å². The molecule has 1 atom stereocenters. The summed E-state index contributed by atoms with van der Waals surface area (Å²) in [6.45, 7) is 1.33. The zero-order valence-corrected chi connectivity index (χ0v) is 21.6. The number of aromatic carboxylic acids is 1. The van der Waals surface area contributed by atoms with Gasteiger partial charge in [0.25, 0.3) is 5.56 Å². The Balaban J connectivity index is 1.86. The van der Waals surface area contributed by atoms with Crippen LogP contribution in [0.2, 0.25) is 5.02 Å². The normalized spacial score (nSPS) is 13.0. The Morgan fingerprint density at radius 3 is 2.33 bits per heavy atom. The number of pyridine rings is 1. The molecule has 198 valence electrons. The van der Waals surface area contributed by atoms with Crippen molar-refractivity contribution in [2.45, 2.75) is 25.8 Å². The molecule has 0 spiro atoms. The van der Waals surface area contributed by atoms with Crippen LogP contribution in [0.15, 0.2) is 89.9 Å². The van der Waals surface area contributed by atoms with Gasteiger partial charge < -0.3 is 14.4 Å². The molecule has 0 aliphatic rings. The molecule has 0 unspecified atom stereocenters. The molecular formula is C31H26ClNO6. The Morgan fingerprint density at radius 2 is 1.69 bits per heavy atom. The van der Waals surface area contributed by atoms with Crippen LogP contribution in [0.4, 0.5) is 0 Å². The van der Waals surface area contributed by atoms with Crippen LogP contribution in [0, 0.1) is 0 Å². The van der Waals surface area contributed by atoms with E-state index >= 15 is 0 Å². The maximum atomic E-state index is 13.7. The van der Waals surface area contributed by atoms with Crippen molar-refractivity contribution in [1.82, 2.24) is 4.57 Å². The fourth-order valence-electron chi connectivity index (χ4n) is 4.40. The predicted octanol–water partition coefficient (Wildman–Crippen LogP) is 5.67. The minimum absolute atomic E-state index is 0.0373. The van der Waals surface area contributed by atoms with Crippen LogP contribution in [-0.2, 0) is 17.6 Å². The zero-order valence-electron chi connectivity index (χ0n) is 23.9. The van der Waals surface area contributed by atoms with Crippen molar-refractivity contribution in [2.24, 2.45) is 0 Å². The third kappa shape index (κ3) is 6.33. The third-order valence-corrected chi connectivity index (χ3v) is 6.60. The lowest BCUT2D eigenvalue weighted by molar-refractivity contribution is -0.121. The first-order valence-corrected chi connectivity index (χ1v) is 12.3. The Labute approximate surface area is 234 Å². The van der Waals surface area contributed by atoms with E-state index in [1.54, 1.807) is 24.3 Å². The summed E-state index contributed by atoms with van der Waals surface area (Å²) < 4.78 is 29.6. The average molecular weight is 547 g/mol. The molecule has 8 heteroatoms. The number of carboxylic acid groups (broad SMARTS) is 1. The third-order valence-electron chi connectivity index (χ3n) is 6.36. The molecule has 1 aromatic heterocycles. The molecule has 39 heavy (non-hydrogen) atoms. The molecule has 0 saturated heterocycles. The number of methoxy groups -OCH3 is 1. The van der Waals surface area contributed by atoms with E-state index < -0.39 is 24.6 Å². The van der Waals surface area contributed by atoms with Crippen molar-refractivity contribution in [3.63, 3.8) is 0 Å². The molecule has 4 rings (SSSR count). The van der Waals surface area contributed by atoms with E-state index in [9.17, 15) is 24.3 Å². The number of carbonyl (C=O) groups is 3. The van der Waals surface area contributed by atoms with E-state index in [4.69, 9.17) is 20.5 Å². The molecule has 4 aromatic rings. The van der Waals surface area contributed by atoms with E-state index in [1.165, 1.54) is 55.6 Å². The second kappa shape index (κ2) is 11.9. The number of rotatable bonds is 10. The molecule has 0 radical (unpaired) electrons. The second-order valence-electron chi connectivity index (χ2n) is 9.00. The van der Waals surface area contributed by atoms with Gasteiger partial charge in [0, 0.05) is 35.1 Å². The van der Waals surface area contributed by atoms with Gasteiger partial charge in [-0.15, -0.1) is 0 Å². The molecule has 1 heterocycles. The van der Waals surface area contributed by atoms with Crippen LogP contribution in [0.5, 0.6) is 5.75 Å². The van der Waals surface area contributed by atoms with Gasteiger partial charge in [-0.25, -0.2) is 4.79 Å². The summed E-state index contributed by atoms with van der Waals surface area (Å²) in [6, 6.07) is 19.3. The van der Waals surface area contributed by atoms with Gasteiger partial charge in [-0.1, -0.05) is 54.1 Å². The van der Waals surface area contributed by atoms with E-state index in [0.29, 0.717) is 5.56 Å². The molecule has 0 saturated carbocycles. The minimum atomic E-state index is -2.92. The van der Waals surface area contributed by atoms with Crippen LogP contribution >= 0.6 is 11.6 Å². The van der Waals surface area contributed by atoms with Gasteiger partial charge in [0.1, 0.15) is 5.75 Å². The number of carbonyl (C=O) groups excluding carboxylic acids is 2. The summed E-state index contributed by atoms with van der Waals surface area (Å²) in [5, 5.41) is 9.43. The molecule has 0 fully saturated rings. The zero-order chi connectivity index (χ0) is 30.6. The molecule has 0 aliphatic carbocycles. The topological polar surface area (TPSA) is 103 Å². The SMILES string of the molecule is [2H]C([2H])([2H])Oc1cn([C@H](Cc2ccccc2)C(=O)Cc2ccc(C(=O)O)cc2)c(=O)cc1-c1cc(Cl)ccc1C(C)=O. The number of aromatic nitrogens is 1. The fraction of sp³-hybridized carbons (Fsp3) is 0.161. The van der Waals surface area contributed by atoms with E-state index in [-0.39, 0.29) is 57.4 Å². The minimum Gasteiger partial charge on any atom is -0.495 e. The summed E-state index contributed by atoms with van der Waals surface area (Å²) in [5.74, 6) is -2.05. The number of ether oxygens (including phenoxy) is 1. The van der Waals surface area contributed by atoms with Gasteiger partial charge in [0.2, 0.25) is 0 Å². The number of benzene rings is 3. The van der Waals surface area contributed by atoms with Crippen molar-refractivity contribution in [2.75, 3.05) is 7.04 Å². The van der Waals surface area contributed by atoms with E-state index in [1.807, 2.05) is 6.07 Å². The van der Waals surface area contributed by atoms with Gasteiger partial charge in [-0.3, -0.25) is 14.4 Å². The molecule has 0 aliphatic heterocycles. The van der Waals surface area contributed by atoms with Gasteiger partial charge in [0.05, 0.1) is 29.0 Å². The molecule has 3 aromatic carbocycles. The van der Waals surface area contributed by atoms with Crippen LogP contribution in [-0.4, -0.2) is 34.2 Å². The Morgan fingerprint density at radius 1 is 0.974 bits per heavy atom. The Kier molecular flexibility index (Phi) is 7.22. The standard InChI is InChI=1S/C31H26ClNO6/c1-19(34)24-13-12-23(32)16-25(24)26-17-30(36)33(18-29(26)39-2)27(14-20-6-4-3-5-7-20)28(35)15-21-8-10-22(11-9-21)31(37)38/h3-13,16-18,27H,14-15H2,1-2H3,(H,37,38)/t27-/m1/s1/i2D3. The summed E-state index contributed by atoms with van der Waals surface area (Å²) in [6.07, 6.45) is 1.16. The summed E-state index contributed by atoms with van der Waals surface area (Å²) in [4.78, 5) is 51.0. The summed E-state index contributed by atoms with van der Waals surface area (Å²) in [5.41, 5.74) is 1.17.